The summed E-state index contributed by atoms with van der Waals surface area (Å²) in [7, 11) is -1.78. The number of nitrogens with one attached hydrogen (secondary N) is 1. The second kappa shape index (κ2) is 6.45. The number of hydrogen-bond acceptors (Lipinski definition) is 4. The van der Waals surface area contributed by atoms with E-state index < -0.39 is 21.2 Å². The summed E-state index contributed by atoms with van der Waals surface area (Å²) in [5, 5.41) is 2.77. The first-order valence-corrected chi connectivity index (χ1v) is 9.57. The van der Waals surface area contributed by atoms with Crippen molar-refractivity contribution in [2.75, 3.05) is 5.75 Å². The highest BCUT2D eigenvalue weighted by molar-refractivity contribution is 9.10. The molecule has 1 heterocycles. The van der Waals surface area contributed by atoms with Crippen molar-refractivity contribution in [1.82, 2.24) is 9.78 Å². The minimum absolute atomic E-state index is 0.0158. The molecule has 0 saturated carbocycles. The Kier molecular flexibility index (Phi) is 4.95. The lowest BCUT2D eigenvalue weighted by Crippen LogP contribution is -2.21. The highest BCUT2D eigenvalue weighted by Crippen LogP contribution is 2.22. The van der Waals surface area contributed by atoms with E-state index in [4.69, 9.17) is 0 Å². The van der Waals surface area contributed by atoms with Crippen LogP contribution >= 0.6 is 15.9 Å². The highest BCUT2D eigenvalue weighted by Gasteiger charge is 2.23. The van der Waals surface area contributed by atoms with E-state index >= 15 is 0 Å². The van der Waals surface area contributed by atoms with Gasteiger partial charge in [0.05, 0.1) is 5.75 Å². The summed E-state index contributed by atoms with van der Waals surface area (Å²) in [5.74, 6) is -0.732. The molecule has 0 spiro atoms. The molecule has 8 heteroatoms. The number of aromatic nitrogens is 2. The van der Waals surface area contributed by atoms with Crippen molar-refractivity contribution in [3.8, 4) is 0 Å². The van der Waals surface area contributed by atoms with Gasteiger partial charge in [0, 0.05) is 28.5 Å². The van der Waals surface area contributed by atoms with Gasteiger partial charge < -0.3 is 0 Å². The van der Waals surface area contributed by atoms with Gasteiger partial charge in [-0.05, 0) is 30.7 Å². The van der Waals surface area contributed by atoms with Gasteiger partial charge >= 0.3 is 0 Å². The molecule has 0 fully saturated rings. The van der Waals surface area contributed by atoms with Gasteiger partial charge in [0.1, 0.15) is 5.56 Å². The minimum atomic E-state index is -3.31. The summed E-state index contributed by atoms with van der Waals surface area (Å²) in [4.78, 5) is 24.9. The summed E-state index contributed by atoms with van der Waals surface area (Å²) in [6, 6.07) is 4.80. The zero-order chi connectivity index (χ0) is 17.4. The van der Waals surface area contributed by atoms with E-state index in [0.29, 0.717) is 15.7 Å². The van der Waals surface area contributed by atoms with Crippen molar-refractivity contribution in [2.45, 2.75) is 19.6 Å². The number of sulfone groups is 1. The Morgan fingerprint density at radius 2 is 2.00 bits per heavy atom. The highest BCUT2D eigenvalue weighted by atomic mass is 79.9. The Hall–Kier alpha value is -1.67. The molecule has 2 aromatic rings. The van der Waals surface area contributed by atoms with Gasteiger partial charge in [-0.2, -0.15) is 0 Å². The van der Waals surface area contributed by atoms with E-state index in [1.807, 2.05) is 0 Å². The topological polar surface area (TPSA) is 89.0 Å². The van der Waals surface area contributed by atoms with Crippen LogP contribution in [0.15, 0.2) is 27.5 Å². The normalized spacial score (nSPS) is 11.7. The third-order valence-electron chi connectivity index (χ3n) is 3.58. The number of carbonyl (C=O) groups is 1. The maximum atomic E-state index is 12.8. The van der Waals surface area contributed by atoms with Crippen LogP contribution in [0.25, 0.3) is 0 Å². The van der Waals surface area contributed by atoms with Gasteiger partial charge in [-0.3, -0.25) is 19.4 Å². The number of H-pyrrole nitrogens is 1. The molecule has 1 aromatic heterocycles. The molecular formula is C15H17BrN2O4S. The molecule has 1 aromatic carbocycles. The summed E-state index contributed by atoms with van der Waals surface area (Å²) in [5.41, 5.74) is 0.665. The van der Waals surface area contributed by atoms with Crippen molar-refractivity contribution >= 4 is 31.6 Å². The smallest absolute Gasteiger partial charge is 0.277 e. The molecule has 0 amide bonds. The summed E-state index contributed by atoms with van der Waals surface area (Å²) < 4.78 is 25.8. The number of benzene rings is 1. The Bertz CT molecular complexity index is 925. The van der Waals surface area contributed by atoms with Gasteiger partial charge in [0.2, 0.25) is 5.78 Å². The summed E-state index contributed by atoms with van der Waals surface area (Å²) >= 11 is 3.29. The van der Waals surface area contributed by atoms with E-state index in [-0.39, 0.29) is 22.6 Å². The van der Waals surface area contributed by atoms with Crippen LogP contribution in [0.1, 0.15) is 34.1 Å². The third-order valence-corrected chi connectivity index (χ3v) is 5.71. The molecule has 0 unspecified atom stereocenters. The lowest BCUT2D eigenvalue weighted by atomic mass is 9.99. The molecule has 0 saturated heterocycles. The maximum Gasteiger partial charge on any atom is 0.277 e. The van der Waals surface area contributed by atoms with Crippen LogP contribution in [0.2, 0.25) is 0 Å². The van der Waals surface area contributed by atoms with Crippen LogP contribution in [-0.4, -0.2) is 29.7 Å². The number of aromatic amines is 1. The molecule has 6 nitrogen and oxygen atoms in total. The summed E-state index contributed by atoms with van der Waals surface area (Å²) in [6.45, 7) is 3.19. The summed E-state index contributed by atoms with van der Waals surface area (Å²) in [6.07, 6.45) is 0. The molecule has 124 valence electrons. The number of rotatable bonds is 5. The number of ketones is 1. The number of nitrogens with zero attached hydrogens (tertiary/aromatic N) is 1. The zero-order valence-electron chi connectivity index (χ0n) is 13.0. The van der Waals surface area contributed by atoms with Crippen LogP contribution in [0.5, 0.6) is 0 Å². The first kappa shape index (κ1) is 17.7. The number of aryl methyl sites for hydroxylation is 2. The fraction of sp³-hybridized carbons (Fsp3) is 0.333. The monoisotopic (exact) mass is 400 g/mol. The van der Waals surface area contributed by atoms with E-state index in [1.165, 1.54) is 11.7 Å². The molecule has 2 rings (SSSR count). The van der Waals surface area contributed by atoms with Gasteiger partial charge in [-0.25, -0.2) is 8.42 Å². The quantitative estimate of drug-likeness (QED) is 0.776. The predicted molar refractivity (Wildman–Crippen MR) is 91.5 cm³/mol. The molecular weight excluding hydrogens is 384 g/mol. The Morgan fingerprint density at radius 3 is 2.52 bits per heavy atom. The van der Waals surface area contributed by atoms with E-state index in [0.717, 1.165) is 0 Å². The molecule has 0 atom stereocenters. The first-order chi connectivity index (χ1) is 10.7. The first-order valence-electron chi connectivity index (χ1n) is 6.95. The Morgan fingerprint density at radius 1 is 1.35 bits per heavy atom. The van der Waals surface area contributed by atoms with Gasteiger partial charge in [-0.15, -0.1) is 0 Å². The van der Waals surface area contributed by atoms with Crippen LogP contribution in [-0.2, 0) is 22.6 Å². The number of carbonyl (C=O) groups excluding carboxylic acids is 1. The maximum absolute atomic E-state index is 12.8. The van der Waals surface area contributed by atoms with E-state index in [2.05, 4.69) is 21.0 Å². The van der Waals surface area contributed by atoms with Gasteiger partial charge in [0.15, 0.2) is 9.84 Å². The van der Waals surface area contributed by atoms with Crippen LogP contribution in [0.3, 0.4) is 0 Å². The average molecular weight is 401 g/mol. The second-order valence-corrected chi connectivity index (χ2v) is 8.55. The van der Waals surface area contributed by atoms with Crippen molar-refractivity contribution in [2.24, 2.45) is 7.05 Å². The molecule has 0 aliphatic heterocycles. The lowest BCUT2D eigenvalue weighted by molar-refractivity contribution is 0.103. The van der Waals surface area contributed by atoms with Gasteiger partial charge in [0.25, 0.3) is 5.56 Å². The zero-order valence-corrected chi connectivity index (χ0v) is 15.4. The van der Waals surface area contributed by atoms with Crippen molar-refractivity contribution < 1.29 is 13.2 Å². The SMILES string of the molecule is CCS(=O)(=O)Cc1cc(Br)ccc1C(=O)c1c(C)[nH]n(C)c1=O. The van der Waals surface area contributed by atoms with Crippen LogP contribution in [0, 0.1) is 6.92 Å². The Labute approximate surface area is 142 Å². The lowest BCUT2D eigenvalue weighted by Gasteiger charge is -2.09. The average Bonchev–Trinajstić information content (AvgIpc) is 2.71. The van der Waals surface area contributed by atoms with Crippen molar-refractivity contribution in [3.63, 3.8) is 0 Å². The molecule has 0 aliphatic carbocycles. The minimum Gasteiger partial charge on any atom is -0.299 e. The third kappa shape index (κ3) is 3.64. The predicted octanol–water partition coefficient (Wildman–Crippen LogP) is 1.95. The molecule has 0 bridgehead atoms. The molecule has 23 heavy (non-hydrogen) atoms. The van der Waals surface area contributed by atoms with Crippen LogP contribution in [0.4, 0.5) is 0 Å². The molecule has 0 aliphatic rings. The standard InChI is InChI=1S/C15H17BrN2O4S/c1-4-23(21,22)8-10-7-11(16)5-6-12(10)14(19)13-9(2)17-18(3)15(13)20/h5-7,17H,4,8H2,1-3H3. The number of hydrogen-bond donors (Lipinski definition) is 1. The second-order valence-electron chi connectivity index (χ2n) is 5.28. The van der Waals surface area contributed by atoms with Crippen molar-refractivity contribution in [3.05, 3.63) is 55.4 Å². The van der Waals surface area contributed by atoms with Crippen LogP contribution < -0.4 is 5.56 Å². The molecule has 0 radical (unpaired) electrons. The number of halogens is 1. The fourth-order valence-corrected chi connectivity index (χ4v) is 3.66. The fourth-order valence-electron chi connectivity index (χ4n) is 2.33. The largest absolute Gasteiger partial charge is 0.299 e. The molecule has 1 N–H and O–H groups in total. The van der Waals surface area contributed by atoms with E-state index in [1.54, 1.807) is 32.0 Å². The Balaban J connectivity index is 2.59. The van der Waals surface area contributed by atoms with Crippen molar-refractivity contribution in [1.29, 1.82) is 0 Å². The van der Waals surface area contributed by atoms with E-state index in [9.17, 15) is 18.0 Å². The van der Waals surface area contributed by atoms with Gasteiger partial charge in [-0.1, -0.05) is 22.9 Å².